The molecule has 1 atom stereocenters. The summed E-state index contributed by atoms with van der Waals surface area (Å²) in [6.45, 7) is 7.83. The Morgan fingerprint density at radius 2 is 2.11 bits per heavy atom. The van der Waals surface area contributed by atoms with Gasteiger partial charge in [0.15, 0.2) is 0 Å². The monoisotopic (exact) mass is 273 g/mol. The van der Waals surface area contributed by atoms with Crippen LogP contribution in [-0.4, -0.2) is 74.5 Å². The lowest BCUT2D eigenvalue weighted by Gasteiger charge is -2.28. The first-order chi connectivity index (χ1) is 9.22. The van der Waals surface area contributed by atoms with Gasteiger partial charge in [0.25, 0.3) is 0 Å². The van der Waals surface area contributed by atoms with Crippen LogP contribution < -0.4 is 10.6 Å². The minimum absolute atomic E-state index is 0.0667. The Kier molecular flexibility index (Phi) is 8.73. The van der Waals surface area contributed by atoms with Gasteiger partial charge in [0, 0.05) is 45.7 Å². The molecule has 1 amide bonds. The SMILES string of the molecule is CCCNC(=O)CCNCC(O)CN1CCOCC1. The van der Waals surface area contributed by atoms with Crippen LogP contribution in [0.5, 0.6) is 0 Å². The molecule has 1 heterocycles. The van der Waals surface area contributed by atoms with E-state index in [0.717, 1.165) is 39.3 Å². The van der Waals surface area contributed by atoms with E-state index in [1.807, 2.05) is 6.92 Å². The van der Waals surface area contributed by atoms with E-state index in [1.54, 1.807) is 0 Å². The van der Waals surface area contributed by atoms with E-state index in [1.165, 1.54) is 0 Å². The Morgan fingerprint density at radius 1 is 1.37 bits per heavy atom. The molecule has 1 fully saturated rings. The van der Waals surface area contributed by atoms with Gasteiger partial charge in [-0.2, -0.15) is 0 Å². The normalized spacial score (nSPS) is 18.2. The van der Waals surface area contributed by atoms with Crippen LogP contribution >= 0.6 is 0 Å². The molecule has 0 aliphatic carbocycles. The third-order valence-electron chi connectivity index (χ3n) is 3.05. The summed E-state index contributed by atoms with van der Waals surface area (Å²) in [5.74, 6) is 0.0667. The molecule has 0 bridgehead atoms. The number of ether oxygens (including phenoxy) is 1. The van der Waals surface area contributed by atoms with Crippen LogP contribution in [0.2, 0.25) is 0 Å². The Hall–Kier alpha value is -0.690. The van der Waals surface area contributed by atoms with E-state index in [0.29, 0.717) is 26.1 Å². The molecular formula is C13H27N3O3. The van der Waals surface area contributed by atoms with Crippen molar-refractivity contribution in [3.63, 3.8) is 0 Å². The Bertz CT molecular complexity index is 245. The van der Waals surface area contributed by atoms with E-state index in [9.17, 15) is 9.90 Å². The molecule has 0 aromatic carbocycles. The number of aliphatic hydroxyl groups excluding tert-OH is 1. The molecule has 1 saturated heterocycles. The minimum atomic E-state index is -0.392. The van der Waals surface area contributed by atoms with Gasteiger partial charge in [-0.1, -0.05) is 6.92 Å². The van der Waals surface area contributed by atoms with Gasteiger partial charge in [0.05, 0.1) is 19.3 Å². The maximum Gasteiger partial charge on any atom is 0.221 e. The number of nitrogens with zero attached hydrogens (tertiary/aromatic N) is 1. The first-order valence-corrected chi connectivity index (χ1v) is 7.18. The molecule has 0 aromatic rings. The number of β-amino-alcohol motifs (C(OH)–C–C–N with tert-alkyl or cyclic N) is 1. The number of carbonyl (C=O) groups is 1. The molecular weight excluding hydrogens is 246 g/mol. The number of hydrogen-bond acceptors (Lipinski definition) is 5. The maximum atomic E-state index is 11.3. The zero-order chi connectivity index (χ0) is 13.9. The number of morpholine rings is 1. The number of hydrogen-bond donors (Lipinski definition) is 3. The lowest BCUT2D eigenvalue weighted by atomic mass is 10.3. The lowest BCUT2D eigenvalue weighted by Crippen LogP contribution is -2.44. The van der Waals surface area contributed by atoms with Crippen LogP contribution in [0.25, 0.3) is 0 Å². The fourth-order valence-electron chi connectivity index (χ4n) is 1.97. The summed E-state index contributed by atoms with van der Waals surface area (Å²) in [6.07, 6.45) is 1.03. The topological polar surface area (TPSA) is 73.8 Å². The molecule has 1 aliphatic rings. The van der Waals surface area contributed by atoms with Gasteiger partial charge < -0.3 is 20.5 Å². The summed E-state index contributed by atoms with van der Waals surface area (Å²) in [4.78, 5) is 13.5. The van der Waals surface area contributed by atoms with Gasteiger partial charge in [-0.25, -0.2) is 0 Å². The van der Waals surface area contributed by atoms with E-state index >= 15 is 0 Å². The second-order valence-electron chi connectivity index (χ2n) is 4.87. The number of amides is 1. The molecule has 1 aliphatic heterocycles. The third-order valence-corrected chi connectivity index (χ3v) is 3.05. The summed E-state index contributed by atoms with van der Waals surface area (Å²) in [6, 6.07) is 0. The summed E-state index contributed by atoms with van der Waals surface area (Å²) in [7, 11) is 0. The Balaban J connectivity index is 1.97. The van der Waals surface area contributed by atoms with E-state index in [-0.39, 0.29) is 5.91 Å². The number of aliphatic hydroxyl groups is 1. The van der Waals surface area contributed by atoms with Crippen LogP contribution in [-0.2, 0) is 9.53 Å². The Morgan fingerprint density at radius 3 is 2.79 bits per heavy atom. The van der Waals surface area contributed by atoms with Crippen LogP contribution in [0, 0.1) is 0 Å². The maximum absolute atomic E-state index is 11.3. The summed E-state index contributed by atoms with van der Waals surface area (Å²) < 4.78 is 5.25. The average molecular weight is 273 g/mol. The Labute approximate surface area is 115 Å². The zero-order valence-electron chi connectivity index (χ0n) is 11.9. The predicted octanol–water partition coefficient (Wildman–Crippen LogP) is -0.815. The summed E-state index contributed by atoms with van der Waals surface area (Å²) >= 11 is 0. The number of nitrogens with one attached hydrogen (secondary N) is 2. The second kappa shape index (κ2) is 10.1. The first-order valence-electron chi connectivity index (χ1n) is 7.18. The largest absolute Gasteiger partial charge is 0.390 e. The van der Waals surface area contributed by atoms with Gasteiger partial charge >= 0.3 is 0 Å². The highest BCUT2D eigenvalue weighted by Crippen LogP contribution is 1.98. The van der Waals surface area contributed by atoms with Crippen molar-refractivity contribution >= 4 is 5.91 Å². The lowest BCUT2D eigenvalue weighted by molar-refractivity contribution is -0.121. The first kappa shape index (κ1) is 16.4. The van der Waals surface area contributed by atoms with Crippen LogP contribution in [0.15, 0.2) is 0 Å². The third kappa shape index (κ3) is 8.15. The smallest absolute Gasteiger partial charge is 0.221 e. The molecule has 1 unspecified atom stereocenters. The molecule has 6 heteroatoms. The highest BCUT2D eigenvalue weighted by atomic mass is 16.5. The number of carbonyl (C=O) groups excluding carboxylic acids is 1. The van der Waals surface area contributed by atoms with Gasteiger partial charge in [0.2, 0.25) is 5.91 Å². The summed E-state index contributed by atoms with van der Waals surface area (Å²) in [5.41, 5.74) is 0. The van der Waals surface area contributed by atoms with Crippen molar-refractivity contribution in [2.45, 2.75) is 25.9 Å². The highest BCUT2D eigenvalue weighted by molar-refractivity contribution is 5.75. The molecule has 3 N–H and O–H groups in total. The molecule has 0 aromatic heterocycles. The molecule has 0 radical (unpaired) electrons. The van der Waals surface area contributed by atoms with Crippen molar-refractivity contribution in [3.8, 4) is 0 Å². The van der Waals surface area contributed by atoms with Gasteiger partial charge in [-0.05, 0) is 6.42 Å². The van der Waals surface area contributed by atoms with Gasteiger partial charge in [-0.3, -0.25) is 9.69 Å². The fraction of sp³-hybridized carbons (Fsp3) is 0.923. The van der Waals surface area contributed by atoms with Gasteiger partial charge in [-0.15, -0.1) is 0 Å². The van der Waals surface area contributed by atoms with Crippen molar-refractivity contribution in [2.75, 3.05) is 52.5 Å². The average Bonchev–Trinajstić information content (AvgIpc) is 2.42. The van der Waals surface area contributed by atoms with Crippen LogP contribution in [0.4, 0.5) is 0 Å². The van der Waals surface area contributed by atoms with E-state index < -0.39 is 6.10 Å². The second-order valence-corrected chi connectivity index (χ2v) is 4.87. The number of rotatable bonds is 9. The molecule has 1 rings (SSSR count). The van der Waals surface area contributed by atoms with Crippen molar-refractivity contribution in [2.24, 2.45) is 0 Å². The highest BCUT2D eigenvalue weighted by Gasteiger charge is 2.14. The zero-order valence-corrected chi connectivity index (χ0v) is 11.9. The fourth-order valence-corrected chi connectivity index (χ4v) is 1.97. The quantitative estimate of drug-likeness (QED) is 0.479. The molecule has 0 saturated carbocycles. The van der Waals surface area contributed by atoms with Crippen molar-refractivity contribution in [3.05, 3.63) is 0 Å². The standard InChI is InChI=1S/C13H27N3O3/c1-2-4-15-13(18)3-5-14-10-12(17)11-16-6-8-19-9-7-16/h12,14,17H,2-11H2,1H3,(H,15,18). The van der Waals surface area contributed by atoms with Crippen LogP contribution in [0.3, 0.4) is 0 Å². The molecule has 0 spiro atoms. The molecule has 19 heavy (non-hydrogen) atoms. The predicted molar refractivity (Wildman–Crippen MR) is 74.1 cm³/mol. The van der Waals surface area contributed by atoms with Gasteiger partial charge in [0.1, 0.15) is 0 Å². The van der Waals surface area contributed by atoms with Crippen molar-refractivity contribution < 1.29 is 14.6 Å². The van der Waals surface area contributed by atoms with E-state index in [2.05, 4.69) is 15.5 Å². The molecule has 6 nitrogen and oxygen atoms in total. The van der Waals surface area contributed by atoms with E-state index in [4.69, 9.17) is 4.74 Å². The van der Waals surface area contributed by atoms with Crippen molar-refractivity contribution in [1.82, 2.24) is 15.5 Å². The summed E-state index contributed by atoms with van der Waals surface area (Å²) in [5, 5.41) is 15.8. The molecule has 112 valence electrons. The minimum Gasteiger partial charge on any atom is -0.390 e. The van der Waals surface area contributed by atoms with Crippen molar-refractivity contribution in [1.29, 1.82) is 0 Å². The van der Waals surface area contributed by atoms with Crippen LogP contribution in [0.1, 0.15) is 19.8 Å².